The van der Waals surface area contributed by atoms with Crippen molar-refractivity contribution in [1.82, 2.24) is 24.8 Å². The Kier molecular flexibility index (Phi) is 7.13. The number of ether oxygens (including phenoxy) is 1. The summed E-state index contributed by atoms with van der Waals surface area (Å²) in [6.45, 7) is 4.17. The largest absolute Gasteiger partial charge is 0.495 e. The predicted molar refractivity (Wildman–Crippen MR) is 125 cm³/mol. The number of pyridine rings is 1. The Labute approximate surface area is 187 Å². The Morgan fingerprint density at radius 1 is 1.07 bits per heavy atom. The maximum Gasteiger partial charge on any atom is 0.194 e. The Morgan fingerprint density at radius 3 is 2.59 bits per heavy atom. The summed E-state index contributed by atoms with van der Waals surface area (Å²) >= 11 is 0. The van der Waals surface area contributed by atoms with Crippen LogP contribution in [0.25, 0.3) is 5.65 Å². The number of aromatic nitrogens is 3. The van der Waals surface area contributed by atoms with E-state index in [-0.39, 0.29) is 24.0 Å². The molecule has 1 aromatic carbocycles. The first-order chi connectivity index (χ1) is 13.8. The van der Waals surface area contributed by atoms with E-state index in [1.54, 1.807) is 7.11 Å². The van der Waals surface area contributed by atoms with Gasteiger partial charge in [-0.05, 0) is 24.3 Å². The summed E-state index contributed by atoms with van der Waals surface area (Å²) in [5.41, 5.74) is 1.99. The number of hydrogen-bond donors (Lipinski definition) is 1. The summed E-state index contributed by atoms with van der Waals surface area (Å²) in [7, 11) is 3.53. The highest BCUT2D eigenvalue weighted by molar-refractivity contribution is 14.0. The van der Waals surface area contributed by atoms with Gasteiger partial charge in [-0.3, -0.25) is 9.39 Å². The van der Waals surface area contributed by atoms with Crippen LogP contribution in [-0.2, 0) is 6.54 Å². The molecule has 29 heavy (non-hydrogen) atoms. The Morgan fingerprint density at radius 2 is 1.83 bits per heavy atom. The highest BCUT2D eigenvalue weighted by atomic mass is 127. The molecule has 3 heterocycles. The standard InChI is InChI=1S/C20H25N7O.HI/c1-21-20(22-15-19-24-23-18-9-5-6-10-27(18)19)26-13-11-25(12-14-26)16-7-3-4-8-17(16)28-2;/h3-10H,11-15H2,1-2H3,(H,21,22);1H. The van der Waals surface area contributed by atoms with Gasteiger partial charge in [0.1, 0.15) is 5.75 Å². The molecule has 1 saturated heterocycles. The molecular weight excluding hydrogens is 481 g/mol. The maximum atomic E-state index is 5.50. The van der Waals surface area contributed by atoms with Crippen LogP contribution in [0.15, 0.2) is 53.7 Å². The maximum absolute atomic E-state index is 5.50. The molecule has 9 heteroatoms. The average molecular weight is 507 g/mol. The fourth-order valence-corrected chi connectivity index (χ4v) is 3.55. The van der Waals surface area contributed by atoms with Gasteiger partial charge in [0.15, 0.2) is 17.4 Å². The highest BCUT2D eigenvalue weighted by Crippen LogP contribution is 2.28. The van der Waals surface area contributed by atoms with Crippen molar-refractivity contribution in [3.63, 3.8) is 0 Å². The van der Waals surface area contributed by atoms with Crippen molar-refractivity contribution in [2.24, 2.45) is 4.99 Å². The average Bonchev–Trinajstić information content (AvgIpc) is 3.18. The number of halogens is 1. The van der Waals surface area contributed by atoms with Crippen molar-refractivity contribution >= 4 is 41.3 Å². The first kappa shape index (κ1) is 21.2. The van der Waals surface area contributed by atoms with Crippen molar-refractivity contribution in [2.75, 3.05) is 45.2 Å². The van der Waals surface area contributed by atoms with Crippen LogP contribution in [0.1, 0.15) is 5.82 Å². The van der Waals surface area contributed by atoms with Gasteiger partial charge in [-0.1, -0.05) is 18.2 Å². The second kappa shape index (κ2) is 9.77. The van der Waals surface area contributed by atoms with E-state index in [1.807, 2.05) is 54.0 Å². The number of benzene rings is 1. The first-order valence-electron chi connectivity index (χ1n) is 9.42. The van der Waals surface area contributed by atoms with Crippen molar-refractivity contribution in [3.8, 4) is 5.75 Å². The van der Waals surface area contributed by atoms with Crippen LogP contribution >= 0.6 is 24.0 Å². The van der Waals surface area contributed by atoms with Gasteiger partial charge in [0.05, 0.1) is 19.3 Å². The Balaban J connectivity index is 0.00000240. The molecule has 0 saturated carbocycles. The fourth-order valence-electron chi connectivity index (χ4n) is 3.55. The molecule has 3 aromatic rings. The summed E-state index contributed by atoms with van der Waals surface area (Å²) in [5, 5.41) is 11.9. The minimum absolute atomic E-state index is 0. The van der Waals surface area contributed by atoms with Crippen molar-refractivity contribution in [2.45, 2.75) is 6.54 Å². The van der Waals surface area contributed by atoms with E-state index in [2.05, 4.69) is 36.4 Å². The molecule has 154 valence electrons. The fraction of sp³-hybridized carbons (Fsp3) is 0.350. The quantitative estimate of drug-likeness (QED) is 0.332. The number of anilines is 1. The van der Waals surface area contributed by atoms with E-state index in [9.17, 15) is 0 Å². The highest BCUT2D eigenvalue weighted by Gasteiger charge is 2.21. The zero-order valence-corrected chi connectivity index (χ0v) is 19.0. The van der Waals surface area contributed by atoms with Gasteiger partial charge in [-0.2, -0.15) is 0 Å². The molecule has 0 amide bonds. The molecule has 1 aliphatic heterocycles. The first-order valence-corrected chi connectivity index (χ1v) is 9.42. The molecule has 4 rings (SSSR count). The number of guanidine groups is 1. The number of fused-ring (bicyclic) bond motifs is 1. The van der Waals surface area contributed by atoms with E-state index >= 15 is 0 Å². The molecule has 1 fully saturated rings. The summed E-state index contributed by atoms with van der Waals surface area (Å²) in [4.78, 5) is 9.08. The Bertz CT molecular complexity index is 966. The third-order valence-corrected chi connectivity index (χ3v) is 5.01. The van der Waals surface area contributed by atoms with Gasteiger partial charge in [0.25, 0.3) is 0 Å². The molecule has 0 bridgehead atoms. The van der Waals surface area contributed by atoms with E-state index in [0.29, 0.717) is 6.54 Å². The van der Waals surface area contributed by atoms with Crippen LogP contribution < -0.4 is 15.0 Å². The van der Waals surface area contributed by atoms with Crippen LogP contribution in [0.2, 0.25) is 0 Å². The van der Waals surface area contributed by atoms with Gasteiger partial charge >= 0.3 is 0 Å². The summed E-state index contributed by atoms with van der Waals surface area (Å²) in [6.07, 6.45) is 1.97. The van der Waals surface area contributed by atoms with Gasteiger partial charge < -0.3 is 19.9 Å². The van der Waals surface area contributed by atoms with Gasteiger partial charge in [0.2, 0.25) is 0 Å². The second-order valence-corrected chi connectivity index (χ2v) is 6.59. The molecule has 0 spiro atoms. The van der Waals surface area contributed by atoms with Crippen molar-refractivity contribution < 1.29 is 4.74 Å². The molecule has 0 atom stereocenters. The van der Waals surface area contributed by atoms with E-state index in [0.717, 1.165) is 55.0 Å². The summed E-state index contributed by atoms with van der Waals surface area (Å²) in [6, 6.07) is 14.0. The van der Waals surface area contributed by atoms with E-state index in [4.69, 9.17) is 4.74 Å². The SMILES string of the molecule is CN=C(NCc1nnc2ccccn12)N1CCN(c2ccccc2OC)CC1.I. The smallest absolute Gasteiger partial charge is 0.194 e. The summed E-state index contributed by atoms with van der Waals surface area (Å²) < 4.78 is 7.49. The summed E-state index contributed by atoms with van der Waals surface area (Å²) in [5.74, 6) is 2.66. The molecule has 1 aliphatic rings. The third kappa shape index (κ3) is 4.55. The zero-order chi connectivity index (χ0) is 19.3. The minimum atomic E-state index is 0. The van der Waals surface area contributed by atoms with Crippen LogP contribution in [0.4, 0.5) is 5.69 Å². The van der Waals surface area contributed by atoms with Crippen molar-refractivity contribution in [1.29, 1.82) is 0 Å². The molecular formula is C20H26IN7O. The lowest BCUT2D eigenvalue weighted by Crippen LogP contribution is -2.52. The third-order valence-electron chi connectivity index (χ3n) is 5.01. The van der Waals surface area contributed by atoms with Crippen molar-refractivity contribution in [3.05, 3.63) is 54.5 Å². The molecule has 2 aromatic heterocycles. The molecule has 0 radical (unpaired) electrons. The van der Waals surface area contributed by atoms with Gasteiger partial charge in [0, 0.05) is 39.4 Å². The van der Waals surface area contributed by atoms with Gasteiger partial charge in [-0.25, -0.2) is 0 Å². The van der Waals surface area contributed by atoms with Crippen LogP contribution in [0.5, 0.6) is 5.75 Å². The van der Waals surface area contributed by atoms with E-state index < -0.39 is 0 Å². The normalized spacial score (nSPS) is 14.6. The zero-order valence-electron chi connectivity index (χ0n) is 16.7. The lowest BCUT2D eigenvalue weighted by Gasteiger charge is -2.38. The number of para-hydroxylation sites is 2. The molecule has 8 nitrogen and oxygen atoms in total. The monoisotopic (exact) mass is 507 g/mol. The number of aliphatic imine (C=N–C) groups is 1. The minimum Gasteiger partial charge on any atom is -0.495 e. The number of piperazine rings is 1. The molecule has 0 unspecified atom stereocenters. The van der Waals surface area contributed by atoms with E-state index in [1.165, 1.54) is 0 Å². The lowest BCUT2D eigenvalue weighted by atomic mass is 10.2. The number of nitrogens with zero attached hydrogens (tertiary/aromatic N) is 6. The van der Waals surface area contributed by atoms with Gasteiger partial charge in [-0.15, -0.1) is 34.2 Å². The number of methoxy groups -OCH3 is 1. The van der Waals surface area contributed by atoms with Crippen LogP contribution in [0.3, 0.4) is 0 Å². The van der Waals surface area contributed by atoms with Crippen LogP contribution in [-0.4, -0.2) is 65.8 Å². The second-order valence-electron chi connectivity index (χ2n) is 6.59. The number of hydrogen-bond acceptors (Lipinski definition) is 5. The van der Waals surface area contributed by atoms with Crippen LogP contribution in [0, 0.1) is 0 Å². The molecule has 0 aliphatic carbocycles. The Hall–Kier alpha value is -2.56. The predicted octanol–water partition coefficient (Wildman–Crippen LogP) is 2.25. The lowest BCUT2D eigenvalue weighted by molar-refractivity contribution is 0.366. The number of rotatable bonds is 4. The molecule has 1 N–H and O–H groups in total. The topological polar surface area (TPSA) is 70.3 Å². The number of nitrogens with one attached hydrogen (secondary N) is 1.